The summed E-state index contributed by atoms with van der Waals surface area (Å²) in [6.07, 6.45) is 1.06. The summed E-state index contributed by atoms with van der Waals surface area (Å²) in [7, 11) is 0. The van der Waals surface area contributed by atoms with E-state index in [9.17, 15) is 4.79 Å². The molecule has 0 heterocycles. The maximum Gasteiger partial charge on any atom is 0.306 e. The molecule has 0 radical (unpaired) electrons. The second kappa shape index (κ2) is 8.23. The minimum atomic E-state index is -0.180. The number of aryl methyl sites for hydroxylation is 1. The van der Waals surface area contributed by atoms with E-state index in [1.54, 1.807) is 0 Å². The molecule has 0 saturated heterocycles. The first-order valence-electron chi connectivity index (χ1n) is 6.28. The van der Waals surface area contributed by atoms with Crippen molar-refractivity contribution in [3.63, 3.8) is 0 Å². The Morgan fingerprint density at radius 3 is 2.25 bits per heavy atom. The number of ether oxygens (including phenoxy) is 1. The second-order valence-corrected chi connectivity index (χ2v) is 4.39. The molecule has 0 aliphatic rings. The molecule has 0 unspecified atom stereocenters. The predicted molar refractivity (Wildman–Crippen MR) is 82.7 cm³/mol. The fourth-order valence-electron chi connectivity index (χ4n) is 1.74. The van der Waals surface area contributed by atoms with Crippen LogP contribution in [0, 0.1) is 0 Å². The Bertz CT molecular complexity index is 526. The van der Waals surface area contributed by atoms with E-state index < -0.39 is 0 Å². The van der Waals surface area contributed by atoms with E-state index in [0.29, 0.717) is 19.4 Å². The van der Waals surface area contributed by atoms with Gasteiger partial charge in [0.05, 0.1) is 0 Å². The van der Waals surface area contributed by atoms with Gasteiger partial charge in [-0.25, -0.2) is 0 Å². The first kappa shape index (κ1) is 16.1. The number of hydrogen-bond donors (Lipinski definition) is 1. The number of carbonyl (C=O) groups excluding carboxylic acids is 1. The topological polar surface area (TPSA) is 52.3 Å². The van der Waals surface area contributed by atoms with Gasteiger partial charge in [0.15, 0.2) is 0 Å². The van der Waals surface area contributed by atoms with E-state index in [-0.39, 0.29) is 18.4 Å². The molecule has 20 heavy (non-hydrogen) atoms. The summed E-state index contributed by atoms with van der Waals surface area (Å²) in [6, 6.07) is 17.2. The third-order valence-electron chi connectivity index (χ3n) is 2.84. The van der Waals surface area contributed by atoms with Crippen LogP contribution < -0.4 is 5.73 Å². The lowest BCUT2D eigenvalue weighted by Crippen LogP contribution is -2.05. The van der Waals surface area contributed by atoms with Gasteiger partial charge < -0.3 is 10.5 Å². The van der Waals surface area contributed by atoms with E-state index in [1.807, 2.05) is 54.6 Å². The normalized spacial score (nSPS) is 9.60. The van der Waals surface area contributed by atoms with Crippen LogP contribution in [0.1, 0.15) is 17.5 Å². The second-order valence-electron chi connectivity index (χ2n) is 4.39. The van der Waals surface area contributed by atoms with Crippen LogP contribution in [0.4, 0.5) is 5.69 Å². The Hall–Kier alpha value is -2.00. The van der Waals surface area contributed by atoms with Crippen LogP contribution in [0.5, 0.6) is 0 Å². The molecule has 0 aromatic heterocycles. The molecular weight excluding hydrogens is 274 g/mol. The first-order chi connectivity index (χ1) is 9.24. The molecular formula is C16H18ClNO2. The number of carbonyl (C=O) groups is 1. The molecule has 0 aliphatic heterocycles. The number of nitrogens with two attached hydrogens (primary N) is 1. The van der Waals surface area contributed by atoms with Crippen molar-refractivity contribution in [1.29, 1.82) is 0 Å². The Morgan fingerprint density at radius 1 is 0.950 bits per heavy atom. The van der Waals surface area contributed by atoms with Gasteiger partial charge in [0.2, 0.25) is 0 Å². The van der Waals surface area contributed by atoms with E-state index in [4.69, 9.17) is 10.5 Å². The molecule has 2 rings (SSSR count). The fourth-order valence-corrected chi connectivity index (χ4v) is 1.74. The van der Waals surface area contributed by atoms with Crippen molar-refractivity contribution in [1.82, 2.24) is 0 Å². The smallest absolute Gasteiger partial charge is 0.306 e. The summed E-state index contributed by atoms with van der Waals surface area (Å²) in [4.78, 5) is 11.6. The highest BCUT2D eigenvalue weighted by Crippen LogP contribution is 2.09. The summed E-state index contributed by atoms with van der Waals surface area (Å²) >= 11 is 0. The molecule has 106 valence electrons. The molecule has 2 aromatic rings. The van der Waals surface area contributed by atoms with Crippen LogP contribution in [0.15, 0.2) is 54.6 Å². The van der Waals surface area contributed by atoms with E-state index in [2.05, 4.69) is 0 Å². The van der Waals surface area contributed by atoms with Crippen molar-refractivity contribution in [2.24, 2.45) is 0 Å². The van der Waals surface area contributed by atoms with Gasteiger partial charge in [-0.15, -0.1) is 12.4 Å². The SMILES string of the molecule is Cl.Nc1ccc(CCC(=O)OCc2ccccc2)cc1. The number of benzene rings is 2. The predicted octanol–water partition coefficient (Wildman–Crippen LogP) is 3.37. The lowest BCUT2D eigenvalue weighted by atomic mass is 10.1. The Kier molecular flexibility index (Phi) is 6.60. The van der Waals surface area contributed by atoms with Crippen LogP contribution in [0.2, 0.25) is 0 Å². The number of halogens is 1. The summed E-state index contributed by atoms with van der Waals surface area (Å²) in [6.45, 7) is 0.335. The largest absolute Gasteiger partial charge is 0.461 e. The standard InChI is InChI=1S/C16H17NO2.ClH/c17-15-9-6-13(7-10-15)8-11-16(18)19-12-14-4-2-1-3-5-14;/h1-7,9-10H,8,11-12,17H2;1H. The molecule has 4 heteroatoms. The zero-order valence-corrected chi connectivity index (χ0v) is 11.9. The highest BCUT2D eigenvalue weighted by Gasteiger charge is 2.04. The Balaban J connectivity index is 0.00000200. The summed E-state index contributed by atoms with van der Waals surface area (Å²) < 4.78 is 5.21. The molecule has 0 aliphatic carbocycles. The maximum atomic E-state index is 11.6. The Labute approximate surface area is 125 Å². The van der Waals surface area contributed by atoms with Crippen molar-refractivity contribution >= 4 is 24.1 Å². The van der Waals surface area contributed by atoms with Crippen molar-refractivity contribution in [2.45, 2.75) is 19.4 Å². The van der Waals surface area contributed by atoms with E-state index in [1.165, 1.54) is 0 Å². The van der Waals surface area contributed by atoms with E-state index in [0.717, 1.165) is 16.8 Å². The lowest BCUT2D eigenvalue weighted by Gasteiger charge is -2.05. The van der Waals surface area contributed by atoms with Crippen molar-refractivity contribution in [3.05, 3.63) is 65.7 Å². The van der Waals surface area contributed by atoms with Gasteiger partial charge in [-0.2, -0.15) is 0 Å². The molecule has 2 aromatic carbocycles. The lowest BCUT2D eigenvalue weighted by molar-refractivity contribution is -0.144. The number of esters is 1. The highest BCUT2D eigenvalue weighted by molar-refractivity contribution is 5.85. The zero-order valence-electron chi connectivity index (χ0n) is 11.1. The minimum Gasteiger partial charge on any atom is -0.461 e. The molecule has 0 fully saturated rings. The van der Waals surface area contributed by atoms with Crippen molar-refractivity contribution in [3.8, 4) is 0 Å². The third-order valence-corrected chi connectivity index (χ3v) is 2.84. The monoisotopic (exact) mass is 291 g/mol. The van der Waals surface area contributed by atoms with Gasteiger partial charge in [-0.3, -0.25) is 4.79 Å². The van der Waals surface area contributed by atoms with Gasteiger partial charge in [-0.05, 0) is 29.7 Å². The van der Waals surface area contributed by atoms with Crippen LogP contribution in [-0.4, -0.2) is 5.97 Å². The number of rotatable bonds is 5. The molecule has 0 spiro atoms. The van der Waals surface area contributed by atoms with Crippen LogP contribution >= 0.6 is 12.4 Å². The minimum absolute atomic E-state index is 0. The fraction of sp³-hybridized carbons (Fsp3) is 0.188. The first-order valence-corrected chi connectivity index (χ1v) is 6.28. The van der Waals surface area contributed by atoms with Crippen molar-refractivity contribution < 1.29 is 9.53 Å². The van der Waals surface area contributed by atoms with Crippen LogP contribution in [0.25, 0.3) is 0 Å². The van der Waals surface area contributed by atoms with Gasteiger partial charge in [0.1, 0.15) is 6.61 Å². The van der Waals surface area contributed by atoms with Gasteiger partial charge in [-0.1, -0.05) is 42.5 Å². The number of hydrogen-bond acceptors (Lipinski definition) is 3. The summed E-state index contributed by atoms with van der Waals surface area (Å²) in [5.74, 6) is -0.180. The molecule has 0 amide bonds. The van der Waals surface area contributed by atoms with Crippen LogP contribution in [0.3, 0.4) is 0 Å². The molecule has 2 N–H and O–H groups in total. The third kappa shape index (κ3) is 5.33. The zero-order chi connectivity index (χ0) is 13.5. The maximum absolute atomic E-state index is 11.6. The molecule has 0 atom stereocenters. The van der Waals surface area contributed by atoms with Crippen LogP contribution in [-0.2, 0) is 22.6 Å². The van der Waals surface area contributed by atoms with Gasteiger partial charge >= 0.3 is 5.97 Å². The van der Waals surface area contributed by atoms with Gasteiger partial charge in [0, 0.05) is 12.1 Å². The van der Waals surface area contributed by atoms with Gasteiger partial charge in [0.25, 0.3) is 0 Å². The van der Waals surface area contributed by atoms with Crippen molar-refractivity contribution in [2.75, 3.05) is 5.73 Å². The van der Waals surface area contributed by atoms with E-state index >= 15 is 0 Å². The average Bonchev–Trinajstić information content (AvgIpc) is 2.45. The molecule has 0 bridgehead atoms. The average molecular weight is 292 g/mol. The quantitative estimate of drug-likeness (QED) is 0.679. The molecule has 3 nitrogen and oxygen atoms in total. The number of nitrogen functional groups attached to an aromatic ring is 1. The highest BCUT2D eigenvalue weighted by atomic mass is 35.5. The number of anilines is 1. The Morgan fingerprint density at radius 2 is 1.60 bits per heavy atom. The summed E-state index contributed by atoms with van der Waals surface area (Å²) in [5, 5.41) is 0. The summed E-state index contributed by atoms with van der Waals surface area (Å²) in [5.41, 5.74) is 8.43. The molecule has 0 saturated carbocycles.